The van der Waals surface area contributed by atoms with Gasteiger partial charge in [0.25, 0.3) is 5.91 Å². The third kappa shape index (κ3) is 8.57. The van der Waals surface area contributed by atoms with Crippen LogP contribution in [-0.2, 0) is 6.54 Å². The number of nitrogens with one attached hydrogen (secondary N) is 1. The summed E-state index contributed by atoms with van der Waals surface area (Å²) in [6, 6.07) is 26.3. The molecule has 5 aromatic rings. The second-order valence-corrected chi connectivity index (χ2v) is 13.5. The van der Waals surface area contributed by atoms with Crippen LogP contribution in [0, 0.1) is 5.82 Å². The Morgan fingerprint density at radius 2 is 1.67 bits per heavy atom. The molecule has 1 aromatic heterocycles. The Labute approximate surface area is 303 Å². The number of likely N-dealkylation sites (N-methyl/N-ethyl adjacent to an activating group) is 1. The van der Waals surface area contributed by atoms with Crippen molar-refractivity contribution in [3.8, 4) is 17.2 Å². The number of hydrogen-bond donors (Lipinski definition) is 1. The fourth-order valence-corrected chi connectivity index (χ4v) is 7.10. The molecule has 0 bridgehead atoms. The van der Waals surface area contributed by atoms with Crippen LogP contribution < -0.4 is 19.5 Å². The molecule has 1 amide bonds. The van der Waals surface area contributed by atoms with Gasteiger partial charge in [0.2, 0.25) is 11.7 Å². The zero-order valence-corrected chi connectivity index (χ0v) is 30.3. The first-order valence-electron chi connectivity index (χ1n) is 17.3. The van der Waals surface area contributed by atoms with Gasteiger partial charge in [-0.25, -0.2) is 9.37 Å². The topological polar surface area (TPSA) is 81.1 Å². The first kappa shape index (κ1) is 36.0. The molecule has 11 heteroatoms. The number of para-hydroxylation sites is 2. The average molecular weight is 714 g/mol. The van der Waals surface area contributed by atoms with Gasteiger partial charge >= 0.3 is 0 Å². The van der Waals surface area contributed by atoms with Gasteiger partial charge in [-0.2, -0.15) is 0 Å². The second kappa shape index (κ2) is 16.5. The number of likely N-dealkylation sites (tertiary alicyclic amines) is 1. The number of anilines is 1. The van der Waals surface area contributed by atoms with Crippen molar-refractivity contribution in [3.05, 3.63) is 112 Å². The molecular weight excluding hydrogens is 669 g/mol. The Bertz CT molecular complexity index is 1920. The van der Waals surface area contributed by atoms with E-state index in [1.165, 1.54) is 33.5 Å². The highest BCUT2D eigenvalue weighted by atomic mass is 35.5. The standard InChI is InChI=1S/C40H45ClFN5O4/c1-45(39(48)30-23-36(49-2)38(51-4)37(24-30)50-3)26-29(28-8-7-9-31(41)22-28)16-19-46-20-17-33(18-21-46)43-40-44-34-10-5-6-11-35(34)47(40)25-27-12-14-32(42)15-13-27/h5-15,22-24,29,33H,16-21,25-26H2,1-4H3,(H,43,44). The van der Waals surface area contributed by atoms with Crippen LogP contribution in [-0.4, -0.2) is 85.9 Å². The molecule has 51 heavy (non-hydrogen) atoms. The Morgan fingerprint density at radius 1 is 0.961 bits per heavy atom. The molecule has 1 N–H and O–H groups in total. The highest BCUT2D eigenvalue weighted by Crippen LogP contribution is 2.38. The highest BCUT2D eigenvalue weighted by molar-refractivity contribution is 6.30. The van der Waals surface area contributed by atoms with Gasteiger partial charge in [-0.05, 0) is 85.5 Å². The number of halogens is 2. The van der Waals surface area contributed by atoms with Gasteiger partial charge in [0, 0.05) is 49.2 Å². The van der Waals surface area contributed by atoms with Crippen LogP contribution >= 0.6 is 11.6 Å². The van der Waals surface area contributed by atoms with Gasteiger partial charge < -0.3 is 33.9 Å². The van der Waals surface area contributed by atoms with Crippen LogP contribution in [0.1, 0.15) is 46.7 Å². The summed E-state index contributed by atoms with van der Waals surface area (Å²) < 4.78 is 32.2. The number of hydrogen-bond acceptors (Lipinski definition) is 7. The van der Waals surface area contributed by atoms with E-state index >= 15 is 0 Å². The summed E-state index contributed by atoms with van der Waals surface area (Å²) in [7, 11) is 6.44. The lowest BCUT2D eigenvalue weighted by molar-refractivity contribution is 0.0781. The largest absolute Gasteiger partial charge is 0.493 e. The molecule has 4 aromatic carbocycles. The van der Waals surface area contributed by atoms with Gasteiger partial charge in [0.05, 0.1) is 38.9 Å². The number of fused-ring (bicyclic) bond motifs is 1. The zero-order chi connectivity index (χ0) is 35.9. The number of rotatable bonds is 14. The maximum Gasteiger partial charge on any atom is 0.253 e. The van der Waals surface area contributed by atoms with Crippen molar-refractivity contribution in [1.82, 2.24) is 19.4 Å². The van der Waals surface area contributed by atoms with Crippen molar-refractivity contribution < 1.29 is 23.4 Å². The smallest absolute Gasteiger partial charge is 0.253 e. The van der Waals surface area contributed by atoms with Crippen molar-refractivity contribution in [2.24, 2.45) is 0 Å². The fraction of sp³-hybridized carbons (Fsp3) is 0.350. The quantitative estimate of drug-likeness (QED) is 0.126. The number of amides is 1. The molecule has 1 aliphatic rings. The van der Waals surface area contributed by atoms with E-state index in [1.807, 2.05) is 55.6 Å². The zero-order valence-electron chi connectivity index (χ0n) is 29.6. The average Bonchev–Trinajstić information content (AvgIpc) is 3.49. The van der Waals surface area contributed by atoms with Gasteiger partial charge in [-0.15, -0.1) is 0 Å². The van der Waals surface area contributed by atoms with Gasteiger partial charge in [0.1, 0.15) is 5.82 Å². The van der Waals surface area contributed by atoms with Crippen LogP contribution in [0.2, 0.25) is 5.02 Å². The number of imidazole rings is 1. The van der Waals surface area contributed by atoms with Crippen LogP contribution in [0.25, 0.3) is 11.0 Å². The van der Waals surface area contributed by atoms with E-state index in [2.05, 4.69) is 26.9 Å². The van der Waals surface area contributed by atoms with E-state index in [4.69, 9.17) is 30.8 Å². The lowest BCUT2D eigenvalue weighted by atomic mass is 9.94. The maximum absolute atomic E-state index is 13.7. The molecule has 0 radical (unpaired) electrons. The first-order chi connectivity index (χ1) is 24.8. The monoisotopic (exact) mass is 713 g/mol. The summed E-state index contributed by atoms with van der Waals surface area (Å²) in [5.74, 6) is 1.83. The summed E-state index contributed by atoms with van der Waals surface area (Å²) in [4.78, 5) is 22.9. The summed E-state index contributed by atoms with van der Waals surface area (Å²) in [6.45, 7) is 3.89. The molecule has 1 atom stereocenters. The molecule has 2 heterocycles. The Morgan fingerprint density at radius 3 is 2.33 bits per heavy atom. The molecule has 1 fully saturated rings. The van der Waals surface area contributed by atoms with Gasteiger partial charge in [-0.1, -0.05) is 48.0 Å². The fourth-order valence-electron chi connectivity index (χ4n) is 6.90. The Hall–Kier alpha value is -4.80. The summed E-state index contributed by atoms with van der Waals surface area (Å²) in [5.41, 5.74) is 4.55. The maximum atomic E-state index is 13.7. The second-order valence-electron chi connectivity index (χ2n) is 13.0. The minimum absolute atomic E-state index is 0.0712. The lowest BCUT2D eigenvalue weighted by Crippen LogP contribution is -2.40. The van der Waals surface area contributed by atoms with Crippen molar-refractivity contribution in [1.29, 1.82) is 0 Å². The number of piperidine rings is 1. The highest BCUT2D eigenvalue weighted by Gasteiger charge is 2.25. The summed E-state index contributed by atoms with van der Waals surface area (Å²) in [5, 5.41) is 4.41. The summed E-state index contributed by atoms with van der Waals surface area (Å²) in [6.07, 6.45) is 2.81. The van der Waals surface area contributed by atoms with Crippen LogP contribution in [0.5, 0.6) is 17.2 Å². The number of carbonyl (C=O) groups excluding carboxylic acids is 1. The van der Waals surface area contributed by atoms with Crippen LogP contribution in [0.15, 0.2) is 84.9 Å². The molecule has 1 aliphatic heterocycles. The molecule has 9 nitrogen and oxygen atoms in total. The minimum atomic E-state index is -0.241. The molecule has 268 valence electrons. The third-order valence-electron chi connectivity index (χ3n) is 9.70. The van der Waals surface area contributed by atoms with E-state index in [0.717, 1.165) is 67.0 Å². The van der Waals surface area contributed by atoms with Crippen LogP contribution in [0.4, 0.5) is 10.3 Å². The molecular formula is C40H45ClFN5O4. The van der Waals surface area contributed by atoms with Crippen molar-refractivity contribution in [2.45, 2.75) is 37.8 Å². The van der Waals surface area contributed by atoms with E-state index in [0.29, 0.717) is 40.9 Å². The number of carbonyl (C=O) groups is 1. The van der Waals surface area contributed by atoms with Crippen LogP contribution in [0.3, 0.4) is 0 Å². The SMILES string of the molecule is COc1cc(C(=O)N(C)CC(CCN2CCC(Nc3nc4ccccc4n3Cc3ccc(F)cc3)CC2)c2cccc(Cl)c2)cc(OC)c1OC. The van der Waals surface area contributed by atoms with E-state index in [1.54, 1.807) is 17.0 Å². The molecule has 1 saturated heterocycles. The number of ether oxygens (including phenoxy) is 3. The predicted molar refractivity (Wildman–Crippen MR) is 200 cm³/mol. The predicted octanol–water partition coefficient (Wildman–Crippen LogP) is 7.73. The Kier molecular flexibility index (Phi) is 11.6. The normalized spacial score (nSPS) is 14.3. The van der Waals surface area contributed by atoms with Gasteiger partial charge in [-0.3, -0.25) is 4.79 Å². The molecule has 6 rings (SSSR count). The summed E-state index contributed by atoms with van der Waals surface area (Å²) >= 11 is 6.44. The van der Waals surface area contributed by atoms with E-state index in [9.17, 15) is 9.18 Å². The number of aromatic nitrogens is 2. The minimum Gasteiger partial charge on any atom is -0.493 e. The third-order valence-corrected chi connectivity index (χ3v) is 9.93. The number of methoxy groups -OCH3 is 3. The van der Waals surface area contributed by atoms with Crippen molar-refractivity contribution in [2.75, 3.05) is 59.9 Å². The number of nitrogens with zero attached hydrogens (tertiary/aromatic N) is 4. The van der Waals surface area contributed by atoms with Crippen molar-refractivity contribution in [3.63, 3.8) is 0 Å². The first-order valence-corrected chi connectivity index (χ1v) is 17.6. The van der Waals surface area contributed by atoms with Crippen molar-refractivity contribution >= 4 is 34.5 Å². The van der Waals surface area contributed by atoms with E-state index in [-0.39, 0.29) is 23.7 Å². The Balaban J connectivity index is 1.10. The molecule has 0 saturated carbocycles. The van der Waals surface area contributed by atoms with E-state index < -0.39 is 0 Å². The number of benzene rings is 4. The van der Waals surface area contributed by atoms with Gasteiger partial charge in [0.15, 0.2) is 11.5 Å². The molecule has 1 unspecified atom stereocenters. The molecule has 0 aliphatic carbocycles. The lowest BCUT2D eigenvalue weighted by Gasteiger charge is -2.34. The molecule has 0 spiro atoms.